The van der Waals surface area contributed by atoms with Crippen molar-refractivity contribution in [3.63, 3.8) is 0 Å². The first kappa shape index (κ1) is 14.5. The first-order valence-electron chi connectivity index (χ1n) is 5.59. The summed E-state index contributed by atoms with van der Waals surface area (Å²) in [5.74, 6) is -0.152. The standard InChI is InChI=1S/C13H11ClN2O3S/c14-11-6-8-12(9-7-11)20(18,19)16-13(15-17)10-4-2-1-3-5-10/h1-9,17H,(H,15,16). The summed E-state index contributed by atoms with van der Waals surface area (Å²) in [6.45, 7) is 0. The van der Waals surface area contributed by atoms with Crippen LogP contribution in [-0.4, -0.2) is 19.5 Å². The van der Waals surface area contributed by atoms with Gasteiger partial charge in [0.25, 0.3) is 10.0 Å². The van der Waals surface area contributed by atoms with Gasteiger partial charge in [-0.05, 0) is 24.3 Å². The molecule has 0 unspecified atom stereocenters. The van der Waals surface area contributed by atoms with E-state index in [1.54, 1.807) is 35.8 Å². The predicted octanol–water partition coefficient (Wildman–Crippen LogP) is 2.45. The molecule has 2 rings (SSSR count). The fourth-order valence-electron chi connectivity index (χ4n) is 1.51. The van der Waals surface area contributed by atoms with E-state index in [9.17, 15) is 8.42 Å². The van der Waals surface area contributed by atoms with Gasteiger partial charge in [0.2, 0.25) is 0 Å². The number of halogens is 1. The smallest absolute Gasteiger partial charge is 0.284 e. The Balaban J connectivity index is 2.43. The fourth-order valence-corrected chi connectivity index (χ4v) is 2.61. The molecule has 0 saturated carbocycles. The van der Waals surface area contributed by atoms with Crippen LogP contribution < -0.4 is 5.48 Å². The number of hydrogen-bond acceptors (Lipinski definition) is 3. The van der Waals surface area contributed by atoms with E-state index in [0.29, 0.717) is 10.6 Å². The SMILES string of the molecule is O=S(=O)(/N=C(\NO)c1ccccc1)c1ccc(Cl)cc1. The zero-order valence-electron chi connectivity index (χ0n) is 10.2. The summed E-state index contributed by atoms with van der Waals surface area (Å²) >= 11 is 5.71. The molecule has 0 radical (unpaired) electrons. The van der Waals surface area contributed by atoms with E-state index in [2.05, 4.69) is 4.40 Å². The Morgan fingerprint density at radius 3 is 2.20 bits per heavy atom. The normalized spacial score (nSPS) is 12.2. The summed E-state index contributed by atoms with van der Waals surface area (Å²) in [5, 5.41) is 9.49. The van der Waals surface area contributed by atoms with Crippen LogP contribution in [0.25, 0.3) is 0 Å². The van der Waals surface area contributed by atoms with Crippen molar-refractivity contribution in [3.05, 3.63) is 65.2 Å². The quantitative estimate of drug-likeness (QED) is 0.518. The molecule has 0 amide bonds. The van der Waals surface area contributed by atoms with Crippen molar-refractivity contribution in [2.24, 2.45) is 4.40 Å². The van der Waals surface area contributed by atoms with E-state index >= 15 is 0 Å². The molecule has 2 N–H and O–H groups in total. The lowest BCUT2D eigenvalue weighted by Crippen LogP contribution is -2.22. The maximum absolute atomic E-state index is 12.1. The molecule has 0 fully saturated rings. The molecule has 7 heteroatoms. The van der Waals surface area contributed by atoms with Gasteiger partial charge in [0.1, 0.15) is 0 Å². The molecule has 2 aromatic rings. The van der Waals surface area contributed by atoms with Crippen molar-refractivity contribution in [2.75, 3.05) is 0 Å². The molecule has 0 bridgehead atoms. The Morgan fingerprint density at radius 1 is 1.05 bits per heavy atom. The van der Waals surface area contributed by atoms with Gasteiger partial charge < -0.3 is 0 Å². The molecule has 5 nitrogen and oxygen atoms in total. The van der Waals surface area contributed by atoms with Crippen LogP contribution in [0.4, 0.5) is 0 Å². The van der Waals surface area contributed by atoms with Crippen molar-refractivity contribution in [1.82, 2.24) is 5.48 Å². The average Bonchev–Trinajstić information content (AvgIpc) is 2.46. The molecule has 0 spiro atoms. The topological polar surface area (TPSA) is 78.8 Å². The van der Waals surface area contributed by atoms with Crippen molar-refractivity contribution >= 4 is 27.5 Å². The van der Waals surface area contributed by atoms with E-state index in [0.717, 1.165) is 0 Å². The highest BCUT2D eigenvalue weighted by Gasteiger charge is 2.15. The van der Waals surface area contributed by atoms with Crippen molar-refractivity contribution in [1.29, 1.82) is 0 Å². The van der Waals surface area contributed by atoms with Gasteiger partial charge in [0.15, 0.2) is 5.84 Å². The van der Waals surface area contributed by atoms with Gasteiger partial charge in [-0.1, -0.05) is 41.9 Å². The van der Waals surface area contributed by atoms with Crippen LogP contribution in [0.1, 0.15) is 5.56 Å². The van der Waals surface area contributed by atoms with Crippen LogP contribution >= 0.6 is 11.6 Å². The van der Waals surface area contributed by atoms with Crippen molar-refractivity contribution in [3.8, 4) is 0 Å². The molecule has 2 aromatic carbocycles. The molecule has 0 aliphatic heterocycles. The monoisotopic (exact) mass is 310 g/mol. The summed E-state index contributed by atoms with van der Waals surface area (Å²) in [6.07, 6.45) is 0. The maximum atomic E-state index is 12.1. The zero-order chi connectivity index (χ0) is 14.6. The van der Waals surface area contributed by atoms with Gasteiger partial charge in [-0.3, -0.25) is 10.7 Å². The average molecular weight is 311 g/mol. The first-order chi connectivity index (χ1) is 9.53. The Bertz CT molecular complexity index is 713. The molecule has 0 saturated heterocycles. The summed E-state index contributed by atoms with van der Waals surface area (Å²) in [5.41, 5.74) is 2.25. The lowest BCUT2D eigenvalue weighted by atomic mass is 10.2. The number of amidine groups is 1. The third-order valence-corrected chi connectivity index (χ3v) is 4.02. The molecule has 0 atom stereocenters. The van der Waals surface area contributed by atoms with Gasteiger partial charge >= 0.3 is 0 Å². The summed E-state index contributed by atoms with van der Waals surface area (Å²) < 4.78 is 27.8. The number of hydroxylamine groups is 1. The highest BCUT2D eigenvalue weighted by molar-refractivity contribution is 7.90. The fraction of sp³-hybridized carbons (Fsp3) is 0. The minimum Gasteiger partial charge on any atom is -0.290 e. The van der Waals surface area contributed by atoms with E-state index in [-0.39, 0.29) is 10.7 Å². The van der Waals surface area contributed by atoms with E-state index < -0.39 is 10.0 Å². The van der Waals surface area contributed by atoms with E-state index in [1.807, 2.05) is 0 Å². The predicted molar refractivity (Wildman–Crippen MR) is 76.5 cm³/mol. The number of nitrogens with one attached hydrogen (secondary N) is 1. The van der Waals surface area contributed by atoms with E-state index in [1.165, 1.54) is 24.3 Å². The highest BCUT2D eigenvalue weighted by atomic mass is 35.5. The Labute approximate surface area is 121 Å². The summed E-state index contributed by atoms with van der Waals surface area (Å²) in [4.78, 5) is -0.00872. The minimum atomic E-state index is -3.93. The number of benzene rings is 2. The van der Waals surface area contributed by atoms with Gasteiger partial charge in [-0.2, -0.15) is 8.42 Å². The third kappa shape index (κ3) is 3.36. The molecular formula is C13H11ClN2O3S. The van der Waals surface area contributed by atoms with Crippen LogP contribution in [0.3, 0.4) is 0 Å². The minimum absolute atomic E-state index is 0.00872. The van der Waals surface area contributed by atoms with Crippen LogP contribution in [0.5, 0.6) is 0 Å². The first-order valence-corrected chi connectivity index (χ1v) is 7.41. The number of nitrogens with zero attached hydrogens (tertiary/aromatic N) is 1. The molecule has 20 heavy (non-hydrogen) atoms. The second-order valence-electron chi connectivity index (χ2n) is 3.85. The Hall–Kier alpha value is -1.89. The van der Waals surface area contributed by atoms with Gasteiger partial charge in [0.05, 0.1) is 4.90 Å². The Morgan fingerprint density at radius 2 is 1.65 bits per heavy atom. The van der Waals surface area contributed by atoms with Gasteiger partial charge in [0, 0.05) is 10.6 Å². The molecule has 0 heterocycles. The summed E-state index contributed by atoms with van der Waals surface area (Å²) in [6, 6.07) is 14.0. The largest absolute Gasteiger partial charge is 0.290 e. The van der Waals surface area contributed by atoms with Gasteiger partial charge in [-0.15, -0.1) is 4.40 Å². The molecule has 0 aliphatic rings. The lowest BCUT2D eigenvalue weighted by Gasteiger charge is -2.05. The number of rotatable bonds is 3. The second kappa shape index (κ2) is 6.04. The molecule has 0 aromatic heterocycles. The maximum Gasteiger partial charge on any atom is 0.284 e. The van der Waals surface area contributed by atoms with Crippen LogP contribution in [0, 0.1) is 0 Å². The molecular weight excluding hydrogens is 300 g/mol. The van der Waals surface area contributed by atoms with Crippen LogP contribution in [0.15, 0.2) is 63.9 Å². The van der Waals surface area contributed by atoms with E-state index in [4.69, 9.17) is 16.8 Å². The lowest BCUT2D eigenvalue weighted by molar-refractivity contribution is 0.235. The van der Waals surface area contributed by atoms with Crippen molar-refractivity contribution in [2.45, 2.75) is 4.90 Å². The highest BCUT2D eigenvalue weighted by Crippen LogP contribution is 2.16. The molecule has 0 aliphatic carbocycles. The van der Waals surface area contributed by atoms with Crippen LogP contribution in [0.2, 0.25) is 5.02 Å². The Kier molecular flexibility index (Phi) is 4.39. The second-order valence-corrected chi connectivity index (χ2v) is 5.89. The van der Waals surface area contributed by atoms with Crippen LogP contribution in [-0.2, 0) is 10.0 Å². The van der Waals surface area contributed by atoms with Gasteiger partial charge in [-0.25, -0.2) is 0 Å². The van der Waals surface area contributed by atoms with Crippen molar-refractivity contribution < 1.29 is 13.6 Å². The summed E-state index contributed by atoms with van der Waals surface area (Å²) in [7, 11) is -3.93. The third-order valence-electron chi connectivity index (χ3n) is 2.48. The number of sulfonamides is 1. The zero-order valence-corrected chi connectivity index (χ0v) is 11.8. The number of hydrogen-bond donors (Lipinski definition) is 2. The molecule has 104 valence electrons.